The molecule has 0 saturated heterocycles. The Balaban J connectivity index is 2.02. The third-order valence-electron chi connectivity index (χ3n) is 2.63. The Morgan fingerprint density at radius 1 is 0.938 bits per heavy atom. The van der Waals surface area contributed by atoms with Crippen molar-refractivity contribution in [2.24, 2.45) is 0 Å². The quantitative estimate of drug-likeness (QED) is 0.748. The van der Waals surface area contributed by atoms with Gasteiger partial charge >= 0.3 is 0 Å². The van der Waals surface area contributed by atoms with Crippen LogP contribution in [-0.4, -0.2) is 19.6 Å². The number of nitrogens with one attached hydrogen (secondary N) is 2. The minimum absolute atomic E-state index is 0.964. The van der Waals surface area contributed by atoms with E-state index in [1.807, 2.05) is 0 Å². The second-order valence-electron chi connectivity index (χ2n) is 3.84. The van der Waals surface area contributed by atoms with E-state index in [1.54, 1.807) is 0 Å². The molecule has 0 unspecified atom stereocenters. The molecule has 2 rings (SSSR count). The summed E-state index contributed by atoms with van der Waals surface area (Å²) in [6.07, 6.45) is 0. The summed E-state index contributed by atoms with van der Waals surface area (Å²) in [4.78, 5) is 0. The molecule has 0 aliphatic carbocycles. The lowest BCUT2D eigenvalue weighted by atomic mass is 10.1. The fourth-order valence-corrected chi connectivity index (χ4v) is 1.77. The molecular formula is C14H18N2. The van der Waals surface area contributed by atoms with E-state index in [1.165, 1.54) is 16.5 Å². The lowest BCUT2D eigenvalue weighted by Gasteiger charge is -2.07. The second kappa shape index (κ2) is 5.52. The predicted octanol–water partition coefficient (Wildman–Crippen LogP) is 2.86. The van der Waals surface area contributed by atoms with Crippen LogP contribution in [0.2, 0.25) is 0 Å². The maximum absolute atomic E-state index is 3.41. The van der Waals surface area contributed by atoms with Crippen molar-refractivity contribution < 1.29 is 0 Å². The average Bonchev–Trinajstić information content (AvgIpc) is 2.34. The monoisotopic (exact) mass is 214 g/mol. The van der Waals surface area contributed by atoms with Crippen LogP contribution in [0.1, 0.15) is 6.92 Å². The van der Waals surface area contributed by atoms with Crippen LogP contribution in [0.25, 0.3) is 10.8 Å². The van der Waals surface area contributed by atoms with Crippen LogP contribution in [0.5, 0.6) is 0 Å². The van der Waals surface area contributed by atoms with Gasteiger partial charge in [-0.2, -0.15) is 0 Å². The van der Waals surface area contributed by atoms with Gasteiger partial charge in [0, 0.05) is 18.8 Å². The van der Waals surface area contributed by atoms with Crippen LogP contribution < -0.4 is 10.6 Å². The first kappa shape index (κ1) is 11.0. The Kier molecular flexibility index (Phi) is 3.78. The van der Waals surface area contributed by atoms with Gasteiger partial charge in [-0.1, -0.05) is 37.3 Å². The van der Waals surface area contributed by atoms with Gasteiger partial charge in [-0.3, -0.25) is 0 Å². The average molecular weight is 214 g/mol. The fourth-order valence-electron chi connectivity index (χ4n) is 1.77. The van der Waals surface area contributed by atoms with Crippen LogP contribution in [0, 0.1) is 0 Å². The van der Waals surface area contributed by atoms with E-state index in [2.05, 4.69) is 60.0 Å². The minimum atomic E-state index is 0.964. The number of fused-ring (bicyclic) bond motifs is 1. The number of likely N-dealkylation sites (N-methyl/N-ethyl adjacent to an activating group) is 1. The topological polar surface area (TPSA) is 24.1 Å². The van der Waals surface area contributed by atoms with Gasteiger partial charge in [0.05, 0.1) is 0 Å². The molecule has 2 nitrogen and oxygen atoms in total. The Morgan fingerprint density at radius 3 is 2.56 bits per heavy atom. The molecule has 2 heteroatoms. The summed E-state index contributed by atoms with van der Waals surface area (Å²) in [7, 11) is 0. The molecule has 2 N–H and O–H groups in total. The number of rotatable bonds is 5. The molecule has 0 amide bonds. The van der Waals surface area contributed by atoms with Crippen LogP contribution >= 0.6 is 0 Å². The lowest BCUT2D eigenvalue weighted by Crippen LogP contribution is -2.21. The molecule has 84 valence electrons. The van der Waals surface area contributed by atoms with E-state index in [0.717, 1.165) is 19.6 Å². The van der Waals surface area contributed by atoms with E-state index in [9.17, 15) is 0 Å². The maximum atomic E-state index is 3.41. The van der Waals surface area contributed by atoms with Gasteiger partial charge in [-0.05, 0) is 29.4 Å². The first-order chi connectivity index (χ1) is 7.90. The summed E-state index contributed by atoms with van der Waals surface area (Å²) in [6, 6.07) is 14.9. The van der Waals surface area contributed by atoms with Crippen LogP contribution in [0.4, 0.5) is 5.69 Å². The highest BCUT2D eigenvalue weighted by molar-refractivity contribution is 5.85. The summed E-state index contributed by atoms with van der Waals surface area (Å²) in [5, 5.41) is 9.28. The van der Waals surface area contributed by atoms with Gasteiger partial charge < -0.3 is 10.6 Å². The first-order valence-electron chi connectivity index (χ1n) is 5.83. The standard InChI is InChI=1S/C14H18N2/c1-2-15-9-10-16-14-8-7-12-5-3-4-6-13(12)11-14/h3-8,11,15-16H,2,9-10H2,1H3. The van der Waals surface area contributed by atoms with Crippen molar-refractivity contribution in [2.75, 3.05) is 25.0 Å². The largest absolute Gasteiger partial charge is 0.384 e. The van der Waals surface area contributed by atoms with E-state index < -0.39 is 0 Å². The minimum Gasteiger partial charge on any atom is -0.384 e. The number of benzene rings is 2. The van der Waals surface area contributed by atoms with E-state index >= 15 is 0 Å². The predicted molar refractivity (Wildman–Crippen MR) is 71.0 cm³/mol. The summed E-state index contributed by atoms with van der Waals surface area (Å²) in [5.41, 5.74) is 1.19. The lowest BCUT2D eigenvalue weighted by molar-refractivity contribution is 0.739. The van der Waals surface area contributed by atoms with Crippen molar-refractivity contribution in [2.45, 2.75) is 6.92 Å². The fraction of sp³-hybridized carbons (Fsp3) is 0.286. The highest BCUT2D eigenvalue weighted by Crippen LogP contribution is 2.18. The van der Waals surface area contributed by atoms with Crippen molar-refractivity contribution in [1.29, 1.82) is 0 Å². The smallest absolute Gasteiger partial charge is 0.0347 e. The molecule has 0 bridgehead atoms. The SMILES string of the molecule is CCNCCNc1ccc2ccccc2c1. The Bertz CT molecular complexity index is 451. The van der Waals surface area contributed by atoms with Gasteiger partial charge in [0.25, 0.3) is 0 Å². The van der Waals surface area contributed by atoms with Crippen molar-refractivity contribution in [3.8, 4) is 0 Å². The van der Waals surface area contributed by atoms with E-state index in [0.29, 0.717) is 0 Å². The number of hydrogen-bond acceptors (Lipinski definition) is 2. The van der Waals surface area contributed by atoms with E-state index in [-0.39, 0.29) is 0 Å². The van der Waals surface area contributed by atoms with Crippen molar-refractivity contribution >= 4 is 16.5 Å². The zero-order valence-electron chi connectivity index (χ0n) is 9.66. The molecule has 2 aromatic rings. The van der Waals surface area contributed by atoms with Crippen molar-refractivity contribution in [3.05, 3.63) is 42.5 Å². The normalized spacial score (nSPS) is 10.6. The first-order valence-corrected chi connectivity index (χ1v) is 5.83. The molecule has 0 aliphatic heterocycles. The van der Waals surface area contributed by atoms with Crippen molar-refractivity contribution in [3.63, 3.8) is 0 Å². The molecule has 16 heavy (non-hydrogen) atoms. The molecule has 0 aromatic heterocycles. The van der Waals surface area contributed by atoms with Gasteiger partial charge in [-0.15, -0.1) is 0 Å². The zero-order valence-corrected chi connectivity index (χ0v) is 9.66. The zero-order chi connectivity index (χ0) is 11.2. The summed E-state index contributed by atoms with van der Waals surface area (Å²) < 4.78 is 0. The molecule has 0 atom stereocenters. The highest BCUT2D eigenvalue weighted by atomic mass is 14.9. The molecule has 0 aliphatic rings. The Morgan fingerprint density at radius 2 is 1.75 bits per heavy atom. The second-order valence-corrected chi connectivity index (χ2v) is 3.84. The molecule has 0 radical (unpaired) electrons. The molecular weight excluding hydrogens is 196 g/mol. The van der Waals surface area contributed by atoms with Crippen molar-refractivity contribution in [1.82, 2.24) is 5.32 Å². The van der Waals surface area contributed by atoms with Crippen LogP contribution in [-0.2, 0) is 0 Å². The van der Waals surface area contributed by atoms with Crippen LogP contribution in [0.3, 0.4) is 0 Å². The van der Waals surface area contributed by atoms with Crippen LogP contribution in [0.15, 0.2) is 42.5 Å². The molecule has 0 fully saturated rings. The maximum Gasteiger partial charge on any atom is 0.0347 e. The van der Waals surface area contributed by atoms with Gasteiger partial charge in [0.2, 0.25) is 0 Å². The summed E-state index contributed by atoms with van der Waals surface area (Å²) >= 11 is 0. The van der Waals surface area contributed by atoms with E-state index in [4.69, 9.17) is 0 Å². The van der Waals surface area contributed by atoms with Gasteiger partial charge in [-0.25, -0.2) is 0 Å². The Labute approximate surface area is 96.7 Å². The van der Waals surface area contributed by atoms with Gasteiger partial charge in [0.15, 0.2) is 0 Å². The molecule has 0 saturated carbocycles. The number of hydrogen-bond donors (Lipinski definition) is 2. The van der Waals surface area contributed by atoms with Gasteiger partial charge in [0.1, 0.15) is 0 Å². The molecule has 2 aromatic carbocycles. The Hall–Kier alpha value is -1.54. The molecule has 0 heterocycles. The number of anilines is 1. The highest BCUT2D eigenvalue weighted by Gasteiger charge is 1.94. The third-order valence-corrected chi connectivity index (χ3v) is 2.63. The summed E-state index contributed by atoms with van der Waals surface area (Å²) in [6.45, 7) is 5.12. The summed E-state index contributed by atoms with van der Waals surface area (Å²) in [5.74, 6) is 0. The third kappa shape index (κ3) is 2.74. The molecule has 0 spiro atoms.